The Morgan fingerprint density at radius 3 is 2.46 bits per heavy atom. The number of anilines is 1. The lowest BCUT2D eigenvalue weighted by molar-refractivity contribution is -0.122. The lowest BCUT2D eigenvalue weighted by atomic mass is 10.2. The first kappa shape index (κ1) is 20.4. The Hall–Kier alpha value is -2.36. The Bertz CT molecular complexity index is 903. The fraction of sp³-hybridized carbons (Fsp3) is 0.235. The molecule has 2 heterocycles. The summed E-state index contributed by atoms with van der Waals surface area (Å²) in [6.07, 6.45) is 1.68. The van der Waals surface area contributed by atoms with E-state index < -0.39 is 0 Å². The van der Waals surface area contributed by atoms with Crippen molar-refractivity contribution in [3.05, 3.63) is 45.3 Å². The van der Waals surface area contributed by atoms with E-state index in [2.05, 4.69) is 20.3 Å². The Morgan fingerprint density at radius 1 is 1.14 bits per heavy atom. The third kappa shape index (κ3) is 5.12. The third-order valence-corrected chi connectivity index (χ3v) is 4.81. The smallest absolute Gasteiger partial charge is 0.293 e. The molecule has 1 aromatic heterocycles. The van der Waals surface area contributed by atoms with E-state index in [1.807, 2.05) is 31.2 Å². The van der Waals surface area contributed by atoms with Crippen molar-refractivity contribution in [1.82, 2.24) is 19.9 Å². The zero-order chi connectivity index (χ0) is 20.1. The number of halogens is 2. The first-order valence-corrected chi connectivity index (χ1v) is 9.82. The summed E-state index contributed by atoms with van der Waals surface area (Å²) in [5, 5.41) is 2.42. The molecule has 0 radical (unpaired) electrons. The first-order chi connectivity index (χ1) is 13.5. The molecule has 28 heavy (non-hydrogen) atoms. The van der Waals surface area contributed by atoms with Gasteiger partial charge >= 0.3 is 0 Å². The van der Waals surface area contributed by atoms with Gasteiger partial charge in [0.1, 0.15) is 5.75 Å². The number of nitrogens with one attached hydrogen (secondary N) is 1. The van der Waals surface area contributed by atoms with E-state index in [4.69, 9.17) is 27.9 Å². The molecule has 2 aromatic rings. The van der Waals surface area contributed by atoms with Crippen molar-refractivity contribution in [2.24, 2.45) is 0 Å². The summed E-state index contributed by atoms with van der Waals surface area (Å²) in [6, 6.07) is 7.28. The van der Waals surface area contributed by atoms with Gasteiger partial charge in [0, 0.05) is 13.1 Å². The second-order valence-electron chi connectivity index (χ2n) is 5.46. The highest BCUT2D eigenvalue weighted by molar-refractivity contribution is 8.18. The number of aromatic nitrogens is 3. The Kier molecular flexibility index (Phi) is 6.71. The predicted molar refractivity (Wildman–Crippen MR) is 109 cm³/mol. The second-order valence-corrected chi connectivity index (χ2v) is 7.13. The van der Waals surface area contributed by atoms with E-state index in [1.165, 1.54) is 0 Å². The number of carbonyl (C=O) groups is 2. The lowest BCUT2D eigenvalue weighted by Gasteiger charge is -2.12. The summed E-state index contributed by atoms with van der Waals surface area (Å²) in [7, 11) is 0. The number of benzene rings is 1. The number of thioether (sulfide) groups is 1. The maximum atomic E-state index is 12.5. The number of amides is 2. The maximum Gasteiger partial charge on any atom is 0.293 e. The SMILES string of the molecule is CCOc1ccc(/C=C2\SC(=O)N(CCNc3nc(Cl)nc(Cl)n3)C2=O)cc1. The van der Waals surface area contributed by atoms with Crippen LogP contribution in [0.25, 0.3) is 6.08 Å². The quantitative estimate of drug-likeness (QED) is 0.651. The molecular formula is C17H15Cl2N5O3S. The molecule has 0 unspecified atom stereocenters. The summed E-state index contributed by atoms with van der Waals surface area (Å²) >= 11 is 12.3. The molecule has 1 fully saturated rings. The van der Waals surface area contributed by atoms with Crippen LogP contribution in [0.3, 0.4) is 0 Å². The highest BCUT2D eigenvalue weighted by Gasteiger charge is 2.34. The molecule has 0 saturated carbocycles. The zero-order valence-corrected chi connectivity index (χ0v) is 17.0. The molecule has 8 nitrogen and oxygen atoms in total. The van der Waals surface area contributed by atoms with Crippen molar-refractivity contribution in [3.8, 4) is 5.75 Å². The average molecular weight is 440 g/mol. The van der Waals surface area contributed by atoms with Crippen molar-refractivity contribution in [2.75, 3.05) is 25.0 Å². The highest BCUT2D eigenvalue weighted by atomic mass is 35.5. The third-order valence-electron chi connectivity index (χ3n) is 3.56. The molecule has 11 heteroatoms. The number of rotatable bonds is 7. The van der Waals surface area contributed by atoms with Crippen LogP contribution in [0.5, 0.6) is 5.75 Å². The number of hydrogen-bond donors (Lipinski definition) is 1. The van der Waals surface area contributed by atoms with Gasteiger partial charge in [0.05, 0.1) is 11.5 Å². The van der Waals surface area contributed by atoms with Crippen molar-refractivity contribution in [3.63, 3.8) is 0 Å². The number of hydrogen-bond acceptors (Lipinski definition) is 8. The molecule has 3 rings (SSSR count). The van der Waals surface area contributed by atoms with Gasteiger partial charge in [-0.3, -0.25) is 14.5 Å². The monoisotopic (exact) mass is 439 g/mol. The van der Waals surface area contributed by atoms with Gasteiger partial charge in [-0.25, -0.2) is 0 Å². The van der Waals surface area contributed by atoms with Gasteiger partial charge in [0.15, 0.2) is 0 Å². The molecule has 1 saturated heterocycles. The molecule has 0 bridgehead atoms. The molecule has 1 aromatic carbocycles. The Morgan fingerprint density at radius 2 is 1.82 bits per heavy atom. The van der Waals surface area contributed by atoms with Crippen LogP contribution in [-0.4, -0.2) is 50.7 Å². The molecule has 1 N–H and O–H groups in total. The number of carbonyl (C=O) groups excluding carboxylic acids is 2. The van der Waals surface area contributed by atoms with Crippen LogP contribution in [0, 0.1) is 0 Å². The van der Waals surface area contributed by atoms with E-state index in [9.17, 15) is 9.59 Å². The number of imide groups is 1. The Labute approximate surface area is 175 Å². The summed E-state index contributed by atoms with van der Waals surface area (Å²) in [4.78, 5) is 37.6. The van der Waals surface area contributed by atoms with Gasteiger partial charge in [-0.05, 0) is 65.7 Å². The lowest BCUT2D eigenvalue weighted by Crippen LogP contribution is -2.33. The van der Waals surface area contributed by atoms with E-state index in [0.717, 1.165) is 28.0 Å². The first-order valence-electron chi connectivity index (χ1n) is 8.25. The minimum Gasteiger partial charge on any atom is -0.494 e. The summed E-state index contributed by atoms with van der Waals surface area (Å²) < 4.78 is 5.39. The summed E-state index contributed by atoms with van der Waals surface area (Å²) in [5.41, 5.74) is 0.807. The van der Waals surface area contributed by atoms with E-state index in [1.54, 1.807) is 6.08 Å². The molecule has 0 aliphatic carbocycles. The standard InChI is InChI=1S/C17H15Cl2N5O3S/c1-2-27-11-5-3-10(4-6-11)9-12-13(25)24(17(26)28-12)8-7-20-16-22-14(18)21-15(19)23-16/h3-6,9H,2,7-8H2,1H3,(H,20,21,22,23)/b12-9-. The van der Waals surface area contributed by atoms with Crippen molar-refractivity contribution in [1.29, 1.82) is 0 Å². The molecule has 0 atom stereocenters. The van der Waals surface area contributed by atoms with Crippen molar-refractivity contribution < 1.29 is 14.3 Å². The largest absolute Gasteiger partial charge is 0.494 e. The van der Waals surface area contributed by atoms with Crippen molar-refractivity contribution in [2.45, 2.75) is 6.92 Å². The van der Waals surface area contributed by atoms with Gasteiger partial charge in [0.25, 0.3) is 11.1 Å². The van der Waals surface area contributed by atoms with Crippen LogP contribution in [0.2, 0.25) is 10.6 Å². The van der Waals surface area contributed by atoms with Gasteiger partial charge in [0.2, 0.25) is 16.5 Å². The van der Waals surface area contributed by atoms with Gasteiger partial charge in [-0.1, -0.05) is 12.1 Å². The summed E-state index contributed by atoms with van der Waals surface area (Å²) in [5.74, 6) is 0.566. The minimum absolute atomic E-state index is 0.0491. The summed E-state index contributed by atoms with van der Waals surface area (Å²) in [6.45, 7) is 2.87. The molecule has 1 aliphatic heterocycles. The fourth-order valence-electron chi connectivity index (χ4n) is 2.36. The van der Waals surface area contributed by atoms with E-state index in [-0.39, 0.29) is 40.8 Å². The topological polar surface area (TPSA) is 97.3 Å². The molecule has 0 spiro atoms. The molecular weight excluding hydrogens is 425 g/mol. The normalized spacial score (nSPS) is 15.4. The van der Waals surface area contributed by atoms with E-state index >= 15 is 0 Å². The van der Waals surface area contributed by atoms with Gasteiger partial charge in [-0.2, -0.15) is 15.0 Å². The zero-order valence-electron chi connectivity index (χ0n) is 14.7. The van der Waals surface area contributed by atoms with Crippen molar-refractivity contribution >= 4 is 58.1 Å². The fourth-order valence-corrected chi connectivity index (χ4v) is 3.58. The Balaban J connectivity index is 1.61. The maximum absolute atomic E-state index is 12.5. The predicted octanol–water partition coefficient (Wildman–Crippen LogP) is 3.73. The molecule has 146 valence electrons. The molecule has 1 aliphatic rings. The van der Waals surface area contributed by atoms with Gasteiger partial charge < -0.3 is 10.1 Å². The van der Waals surface area contributed by atoms with Crippen LogP contribution < -0.4 is 10.1 Å². The number of nitrogens with zero attached hydrogens (tertiary/aromatic N) is 4. The molecule has 2 amide bonds. The van der Waals surface area contributed by atoms with Crippen LogP contribution >= 0.6 is 35.0 Å². The average Bonchev–Trinajstić information content (AvgIpc) is 2.90. The second kappa shape index (κ2) is 9.22. The van der Waals surface area contributed by atoms with E-state index in [0.29, 0.717) is 11.5 Å². The van der Waals surface area contributed by atoms with Crippen LogP contribution in [0.1, 0.15) is 12.5 Å². The highest BCUT2D eigenvalue weighted by Crippen LogP contribution is 2.32. The van der Waals surface area contributed by atoms with Crippen LogP contribution in [0.15, 0.2) is 29.2 Å². The minimum atomic E-state index is -0.350. The number of ether oxygens (including phenoxy) is 1. The van der Waals surface area contributed by atoms with Crippen LogP contribution in [-0.2, 0) is 4.79 Å². The van der Waals surface area contributed by atoms with Crippen LogP contribution in [0.4, 0.5) is 10.7 Å². The van der Waals surface area contributed by atoms with Gasteiger partial charge in [-0.15, -0.1) is 0 Å².